The van der Waals surface area contributed by atoms with Gasteiger partial charge in [0.05, 0.1) is 6.54 Å². The number of anilines is 1. The van der Waals surface area contributed by atoms with E-state index in [9.17, 15) is 0 Å². The van der Waals surface area contributed by atoms with Crippen molar-refractivity contribution >= 4 is 27.8 Å². The van der Waals surface area contributed by atoms with Gasteiger partial charge in [0.25, 0.3) is 0 Å². The van der Waals surface area contributed by atoms with Crippen LogP contribution in [0.2, 0.25) is 0 Å². The Morgan fingerprint density at radius 1 is 1.43 bits per heavy atom. The van der Waals surface area contributed by atoms with Gasteiger partial charge in [-0.25, -0.2) is 0 Å². The number of nitrogens with one attached hydrogen (secondary N) is 1. The van der Waals surface area contributed by atoms with Gasteiger partial charge in [-0.1, -0.05) is 24.3 Å². The van der Waals surface area contributed by atoms with Gasteiger partial charge in [-0.15, -0.1) is 21.5 Å². The molecule has 2 rings (SSSR count). The first-order chi connectivity index (χ1) is 6.88. The fourth-order valence-corrected chi connectivity index (χ4v) is 2.36. The molecule has 0 unspecified atom stereocenters. The summed E-state index contributed by atoms with van der Waals surface area (Å²) in [6.45, 7) is 2.93. The predicted molar refractivity (Wildman–Crippen MR) is 60.9 cm³/mol. The second-order valence-electron chi connectivity index (χ2n) is 2.79. The third kappa shape index (κ3) is 2.30. The Morgan fingerprint density at radius 2 is 2.36 bits per heavy atom. The highest BCUT2D eigenvalue weighted by Crippen LogP contribution is 2.17. The Hall–Kier alpha value is -0.940. The fourth-order valence-electron chi connectivity index (χ4n) is 1.04. The standard InChI is InChI=1S/C9H11N3S2/c1-2-8-11-12-9(14-8)10-6-7-4-3-5-13-7/h3-5H,2,6H2,1H3,(H,10,12). The zero-order valence-electron chi connectivity index (χ0n) is 7.86. The van der Waals surface area contributed by atoms with Gasteiger partial charge < -0.3 is 5.32 Å². The third-order valence-corrected chi connectivity index (χ3v) is 3.66. The van der Waals surface area contributed by atoms with E-state index in [-0.39, 0.29) is 0 Å². The van der Waals surface area contributed by atoms with E-state index in [4.69, 9.17) is 0 Å². The molecule has 2 aromatic heterocycles. The molecule has 0 radical (unpaired) electrons. The molecule has 14 heavy (non-hydrogen) atoms. The van der Waals surface area contributed by atoms with Crippen LogP contribution in [-0.4, -0.2) is 10.2 Å². The van der Waals surface area contributed by atoms with Crippen LogP contribution in [0.4, 0.5) is 5.13 Å². The monoisotopic (exact) mass is 225 g/mol. The first kappa shape index (κ1) is 9.61. The van der Waals surface area contributed by atoms with Gasteiger partial charge >= 0.3 is 0 Å². The zero-order valence-corrected chi connectivity index (χ0v) is 9.49. The van der Waals surface area contributed by atoms with Crippen molar-refractivity contribution < 1.29 is 0 Å². The molecule has 1 N–H and O–H groups in total. The van der Waals surface area contributed by atoms with Crippen LogP contribution in [0.5, 0.6) is 0 Å². The van der Waals surface area contributed by atoms with Crippen molar-refractivity contribution in [3.05, 3.63) is 27.4 Å². The van der Waals surface area contributed by atoms with Gasteiger partial charge in [0, 0.05) is 4.88 Å². The Balaban J connectivity index is 1.92. The lowest BCUT2D eigenvalue weighted by atomic mass is 10.5. The summed E-state index contributed by atoms with van der Waals surface area (Å²) in [5.41, 5.74) is 0. The van der Waals surface area contributed by atoms with Crippen molar-refractivity contribution in [3.63, 3.8) is 0 Å². The normalized spacial score (nSPS) is 10.4. The number of aryl methyl sites for hydroxylation is 1. The lowest BCUT2D eigenvalue weighted by Crippen LogP contribution is -1.96. The Bertz CT molecular complexity index is 380. The molecule has 0 saturated heterocycles. The van der Waals surface area contributed by atoms with Crippen molar-refractivity contribution in [1.82, 2.24) is 10.2 Å². The van der Waals surface area contributed by atoms with Crippen LogP contribution in [0.1, 0.15) is 16.8 Å². The Kier molecular flexibility index (Phi) is 3.10. The summed E-state index contributed by atoms with van der Waals surface area (Å²) in [5.74, 6) is 0. The minimum absolute atomic E-state index is 0.843. The number of aromatic nitrogens is 2. The van der Waals surface area contributed by atoms with Crippen molar-refractivity contribution in [3.8, 4) is 0 Å². The van der Waals surface area contributed by atoms with E-state index in [0.29, 0.717) is 0 Å². The molecule has 0 atom stereocenters. The van der Waals surface area contributed by atoms with Crippen LogP contribution in [0, 0.1) is 0 Å². The largest absolute Gasteiger partial charge is 0.355 e. The topological polar surface area (TPSA) is 37.8 Å². The van der Waals surface area contributed by atoms with Crippen LogP contribution in [0.3, 0.4) is 0 Å². The summed E-state index contributed by atoms with van der Waals surface area (Å²) < 4.78 is 0. The van der Waals surface area contributed by atoms with Crippen LogP contribution in [-0.2, 0) is 13.0 Å². The number of rotatable bonds is 4. The third-order valence-electron chi connectivity index (χ3n) is 1.76. The quantitative estimate of drug-likeness (QED) is 0.869. The average molecular weight is 225 g/mol. The van der Waals surface area contributed by atoms with E-state index in [1.54, 1.807) is 22.7 Å². The van der Waals surface area contributed by atoms with Crippen molar-refractivity contribution in [2.75, 3.05) is 5.32 Å². The molecule has 0 saturated carbocycles. The van der Waals surface area contributed by atoms with Gasteiger partial charge in [-0.3, -0.25) is 0 Å². The fraction of sp³-hybridized carbons (Fsp3) is 0.333. The maximum absolute atomic E-state index is 4.05. The molecule has 0 amide bonds. The zero-order chi connectivity index (χ0) is 9.80. The van der Waals surface area contributed by atoms with E-state index in [0.717, 1.165) is 23.1 Å². The van der Waals surface area contributed by atoms with E-state index < -0.39 is 0 Å². The summed E-state index contributed by atoms with van der Waals surface area (Å²) in [6, 6.07) is 4.17. The predicted octanol–water partition coefficient (Wildman–Crippen LogP) is 2.77. The van der Waals surface area contributed by atoms with Gasteiger partial charge in [-0.05, 0) is 17.9 Å². The number of hydrogen-bond acceptors (Lipinski definition) is 5. The maximum Gasteiger partial charge on any atom is 0.205 e. The minimum atomic E-state index is 0.843. The lowest BCUT2D eigenvalue weighted by molar-refractivity contribution is 0.977. The first-order valence-corrected chi connectivity index (χ1v) is 6.16. The van der Waals surface area contributed by atoms with Gasteiger partial charge in [0.2, 0.25) is 5.13 Å². The highest BCUT2D eigenvalue weighted by molar-refractivity contribution is 7.15. The molecule has 0 aliphatic heterocycles. The van der Waals surface area contributed by atoms with Gasteiger partial charge in [0.1, 0.15) is 5.01 Å². The molecule has 5 heteroatoms. The van der Waals surface area contributed by atoms with Crippen LogP contribution < -0.4 is 5.32 Å². The molecule has 0 aliphatic rings. The van der Waals surface area contributed by atoms with E-state index in [1.165, 1.54) is 4.88 Å². The minimum Gasteiger partial charge on any atom is -0.355 e. The van der Waals surface area contributed by atoms with Crippen molar-refractivity contribution in [2.45, 2.75) is 19.9 Å². The van der Waals surface area contributed by atoms with Crippen molar-refractivity contribution in [2.24, 2.45) is 0 Å². The SMILES string of the molecule is CCc1nnc(NCc2cccs2)s1. The maximum atomic E-state index is 4.05. The second-order valence-corrected chi connectivity index (χ2v) is 4.88. The number of nitrogens with zero attached hydrogens (tertiary/aromatic N) is 2. The van der Waals surface area contributed by atoms with Crippen LogP contribution in [0.25, 0.3) is 0 Å². The van der Waals surface area contributed by atoms with E-state index >= 15 is 0 Å². The van der Waals surface area contributed by atoms with Crippen molar-refractivity contribution in [1.29, 1.82) is 0 Å². The average Bonchev–Trinajstić information content (AvgIpc) is 2.86. The summed E-state index contributed by atoms with van der Waals surface area (Å²) in [6.07, 6.45) is 0.957. The highest BCUT2D eigenvalue weighted by atomic mass is 32.1. The molecular formula is C9H11N3S2. The van der Waals surface area contributed by atoms with E-state index in [2.05, 4.69) is 40.0 Å². The van der Waals surface area contributed by atoms with Gasteiger partial charge in [-0.2, -0.15) is 0 Å². The molecule has 74 valence electrons. The Morgan fingerprint density at radius 3 is 3.00 bits per heavy atom. The van der Waals surface area contributed by atoms with Crippen LogP contribution >= 0.6 is 22.7 Å². The summed E-state index contributed by atoms with van der Waals surface area (Å²) in [7, 11) is 0. The summed E-state index contributed by atoms with van der Waals surface area (Å²) >= 11 is 3.37. The molecule has 0 fully saturated rings. The molecule has 3 nitrogen and oxygen atoms in total. The Labute approximate surface area is 90.8 Å². The molecule has 0 aliphatic carbocycles. The molecule has 0 bridgehead atoms. The lowest BCUT2D eigenvalue weighted by Gasteiger charge is -1.97. The van der Waals surface area contributed by atoms with Gasteiger partial charge in [0.15, 0.2) is 0 Å². The van der Waals surface area contributed by atoms with Crippen LogP contribution in [0.15, 0.2) is 17.5 Å². The number of hydrogen-bond donors (Lipinski definition) is 1. The number of thiophene rings is 1. The highest BCUT2D eigenvalue weighted by Gasteiger charge is 2.01. The molecule has 0 spiro atoms. The molecule has 2 aromatic rings. The smallest absolute Gasteiger partial charge is 0.205 e. The summed E-state index contributed by atoms with van der Waals surface area (Å²) in [5, 5.41) is 15.4. The molecule has 2 heterocycles. The molecular weight excluding hydrogens is 214 g/mol. The first-order valence-electron chi connectivity index (χ1n) is 4.47. The second kappa shape index (κ2) is 4.52. The van der Waals surface area contributed by atoms with E-state index in [1.807, 2.05) is 0 Å². The summed E-state index contributed by atoms with van der Waals surface area (Å²) in [4.78, 5) is 1.32. The molecule has 0 aromatic carbocycles.